The molecule has 0 atom stereocenters. The molecule has 1 aliphatic rings. The Morgan fingerprint density at radius 3 is 2.48 bits per heavy atom. The largest absolute Gasteiger partial charge is 0.339 e. The highest BCUT2D eigenvalue weighted by atomic mass is 16.2. The van der Waals surface area contributed by atoms with Gasteiger partial charge >= 0.3 is 0 Å². The molecule has 1 N–H and O–H groups in total. The van der Waals surface area contributed by atoms with Crippen LogP contribution in [0.3, 0.4) is 0 Å². The quantitative estimate of drug-likeness (QED) is 0.693. The number of carbonyl (C=O) groups excluding carboxylic acids is 1. The fourth-order valence-electron chi connectivity index (χ4n) is 4.14. The number of amides is 1. The van der Waals surface area contributed by atoms with E-state index in [-0.39, 0.29) is 5.91 Å². The third-order valence-corrected chi connectivity index (χ3v) is 5.67. The van der Waals surface area contributed by atoms with Crippen molar-refractivity contribution in [2.24, 2.45) is 0 Å². The summed E-state index contributed by atoms with van der Waals surface area (Å²) >= 11 is 0. The van der Waals surface area contributed by atoms with Crippen LogP contribution in [0.5, 0.6) is 0 Å². The van der Waals surface area contributed by atoms with Crippen LogP contribution in [0.15, 0.2) is 66.9 Å². The van der Waals surface area contributed by atoms with Crippen LogP contribution in [0.1, 0.15) is 45.9 Å². The lowest BCUT2D eigenvalue weighted by Crippen LogP contribution is -2.38. The summed E-state index contributed by atoms with van der Waals surface area (Å²) in [6.45, 7) is 3.29. The molecule has 5 nitrogen and oxygen atoms in total. The van der Waals surface area contributed by atoms with E-state index in [1.54, 1.807) is 6.20 Å². The Bertz CT molecular complexity index is 915. The van der Waals surface area contributed by atoms with Crippen molar-refractivity contribution in [2.45, 2.75) is 31.8 Å². The van der Waals surface area contributed by atoms with Crippen molar-refractivity contribution in [3.05, 3.63) is 89.2 Å². The molecule has 1 aliphatic heterocycles. The molecule has 4 rings (SSSR count). The number of nitrogens with one attached hydrogen (secondary N) is 1. The molecule has 0 radical (unpaired) electrons. The van der Waals surface area contributed by atoms with Gasteiger partial charge in [0.1, 0.15) is 0 Å². The minimum Gasteiger partial charge on any atom is -0.339 e. The number of aromatic nitrogens is 2. The molecule has 1 saturated heterocycles. The standard InChI is InChI=1S/C24H28N4O/c1-27(17-19-6-3-2-4-7-19)18-20-8-5-9-22(16-20)24(29)28-14-11-21(12-15-28)23-10-13-25-26-23/h2-10,13,16,21H,11-12,14-15,17-18H2,1H3,(H,25,26). The molecule has 0 bridgehead atoms. The molecule has 0 aliphatic carbocycles. The van der Waals surface area contributed by atoms with Crippen LogP contribution >= 0.6 is 0 Å². The van der Waals surface area contributed by atoms with Gasteiger partial charge in [0.25, 0.3) is 5.91 Å². The molecule has 29 heavy (non-hydrogen) atoms. The highest BCUT2D eigenvalue weighted by Gasteiger charge is 2.25. The van der Waals surface area contributed by atoms with Gasteiger partial charge in [-0.05, 0) is 49.2 Å². The van der Waals surface area contributed by atoms with Crippen LogP contribution in [0.4, 0.5) is 0 Å². The van der Waals surface area contributed by atoms with Gasteiger partial charge in [-0.15, -0.1) is 0 Å². The number of nitrogens with zero attached hydrogens (tertiary/aromatic N) is 3. The number of benzene rings is 2. The molecular formula is C24H28N4O. The van der Waals surface area contributed by atoms with Crippen molar-refractivity contribution < 1.29 is 4.79 Å². The van der Waals surface area contributed by atoms with Crippen molar-refractivity contribution in [2.75, 3.05) is 20.1 Å². The fourth-order valence-corrected chi connectivity index (χ4v) is 4.14. The zero-order valence-electron chi connectivity index (χ0n) is 16.9. The Morgan fingerprint density at radius 2 is 1.76 bits per heavy atom. The van der Waals surface area contributed by atoms with Gasteiger partial charge in [-0.3, -0.25) is 14.8 Å². The lowest BCUT2D eigenvalue weighted by molar-refractivity contribution is 0.0712. The van der Waals surface area contributed by atoms with E-state index in [1.165, 1.54) is 16.8 Å². The van der Waals surface area contributed by atoms with Gasteiger partial charge in [0, 0.05) is 49.6 Å². The van der Waals surface area contributed by atoms with Crippen LogP contribution in [0, 0.1) is 0 Å². The number of aromatic amines is 1. The first kappa shape index (κ1) is 19.4. The zero-order chi connectivity index (χ0) is 20.1. The Balaban J connectivity index is 1.35. The second-order valence-electron chi connectivity index (χ2n) is 7.94. The lowest BCUT2D eigenvalue weighted by Gasteiger charge is -2.31. The summed E-state index contributed by atoms with van der Waals surface area (Å²) in [5.74, 6) is 0.611. The Kier molecular flexibility index (Phi) is 6.06. The zero-order valence-corrected chi connectivity index (χ0v) is 16.9. The molecule has 1 aromatic heterocycles. The first-order valence-electron chi connectivity index (χ1n) is 10.3. The van der Waals surface area contributed by atoms with E-state index in [1.807, 2.05) is 35.2 Å². The van der Waals surface area contributed by atoms with Gasteiger partial charge in [-0.25, -0.2) is 0 Å². The summed E-state index contributed by atoms with van der Waals surface area (Å²) < 4.78 is 0. The third kappa shape index (κ3) is 4.93. The number of carbonyl (C=O) groups is 1. The third-order valence-electron chi connectivity index (χ3n) is 5.67. The van der Waals surface area contributed by atoms with E-state index in [2.05, 4.69) is 52.5 Å². The Labute approximate surface area is 172 Å². The maximum Gasteiger partial charge on any atom is 0.253 e. The van der Waals surface area contributed by atoms with Crippen molar-refractivity contribution in [1.82, 2.24) is 20.0 Å². The molecule has 3 aromatic rings. The average molecular weight is 389 g/mol. The van der Waals surface area contributed by atoms with E-state index in [4.69, 9.17) is 0 Å². The number of hydrogen-bond donors (Lipinski definition) is 1. The smallest absolute Gasteiger partial charge is 0.253 e. The average Bonchev–Trinajstić information content (AvgIpc) is 3.29. The van der Waals surface area contributed by atoms with Crippen LogP contribution in [-0.2, 0) is 13.1 Å². The Hall–Kier alpha value is -2.92. The second-order valence-corrected chi connectivity index (χ2v) is 7.94. The van der Waals surface area contributed by atoms with E-state index < -0.39 is 0 Å². The molecule has 1 fully saturated rings. The predicted molar refractivity (Wildman–Crippen MR) is 115 cm³/mol. The maximum atomic E-state index is 13.0. The summed E-state index contributed by atoms with van der Waals surface area (Å²) in [6.07, 6.45) is 3.76. The van der Waals surface area contributed by atoms with Crippen molar-refractivity contribution in [1.29, 1.82) is 0 Å². The first-order chi connectivity index (χ1) is 14.2. The van der Waals surface area contributed by atoms with Gasteiger partial charge in [-0.2, -0.15) is 5.10 Å². The summed E-state index contributed by atoms with van der Waals surface area (Å²) in [4.78, 5) is 17.3. The second kappa shape index (κ2) is 9.05. The highest BCUT2D eigenvalue weighted by molar-refractivity contribution is 5.94. The number of H-pyrrole nitrogens is 1. The number of likely N-dealkylation sites (tertiary alicyclic amines) is 1. The summed E-state index contributed by atoms with van der Waals surface area (Å²) in [5.41, 5.74) is 4.43. The van der Waals surface area contributed by atoms with Crippen LogP contribution in [0.25, 0.3) is 0 Å². The highest BCUT2D eigenvalue weighted by Crippen LogP contribution is 2.27. The lowest BCUT2D eigenvalue weighted by atomic mass is 9.93. The number of hydrogen-bond acceptors (Lipinski definition) is 3. The van der Waals surface area contributed by atoms with Gasteiger partial charge in [0.15, 0.2) is 0 Å². The van der Waals surface area contributed by atoms with E-state index in [9.17, 15) is 4.79 Å². The molecule has 2 heterocycles. The normalized spacial score (nSPS) is 15.0. The Morgan fingerprint density at radius 1 is 1.03 bits per heavy atom. The van der Waals surface area contributed by atoms with E-state index in [0.717, 1.165) is 44.6 Å². The van der Waals surface area contributed by atoms with Crippen LogP contribution in [0.2, 0.25) is 0 Å². The summed E-state index contributed by atoms with van der Waals surface area (Å²) in [5, 5.41) is 7.12. The van der Waals surface area contributed by atoms with Crippen LogP contribution < -0.4 is 0 Å². The van der Waals surface area contributed by atoms with Gasteiger partial charge in [-0.1, -0.05) is 42.5 Å². The molecule has 150 valence electrons. The molecule has 2 aromatic carbocycles. The fraction of sp³-hybridized carbons (Fsp3) is 0.333. The van der Waals surface area contributed by atoms with Crippen molar-refractivity contribution in [3.63, 3.8) is 0 Å². The first-order valence-corrected chi connectivity index (χ1v) is 10.3. The van der Waals surface area contributed by atoms with E-state index in [0.29, 0.717) is 5.92 Å². The minimum absolute atomic E-state index is 0.139. The van der Waals surface area contributed by atoms with Gasteiger partial charge in [0.2, 0.25) is 0 Å². The summed E-state index contributed by atoms with van der Waals surface area (Å²) in [6, 6.07) is 20.6. The van der Waals surface area contributed by atoms with Crippen LogP contribution in [-0.4, -0.2) is 46.0 Å². The van der Waals surface area contributed by atoms with Gasteiger partial charge in [0.05, 0.1) is 0 Å². The number of piperidine rings is 1. The summed E-state index contributed by atoms with van der Waals surface area (Å²) in [7, 11) is 2.11. The van der Waals surface area contributed by atoms with E-state index >= 15 is 0 Å². The van der Waals surface area contributed by atoms with Crippen molar-refractivity contribution in [3.8, 4) is 0 Å². The maximum absolute atomic E-state index is 13.0. The number of rotatable bonds is 6. The van der Waals surface area contributed by atoms with Gasteiger partial charge < -0.3 is 4.90 Å². The predicted octanol–water partition coefficient (Wildman–Crippen LogP) is 4.06. The molecule has 1 amide bonds. The molecular weight excluding hydrogens is 360 g/mol. The molecule has 0 saturated carbocycles. The monoisotopic (exact) mass is 388 g/mol. The topological polar surface area (TPSA) is 52.2 Å². The van der Waals surface area contributed by atoms with Crippen molar-refractivity contribution >= 4 is 5.91 Å². The SMILES string of the molecule is CN(Cc1ccccc1)Cc1cccc(C(=O)N2CCC(c3ccn[nH]3)CC2)c1. The molecule has 5 heteroatoms. The molecule has 0 unspecified atom stereocenters. The minimum atomic E-state index is 0.139. The molecule has 0 spiro atoms.